The Kier molecular flexibility index (Phi) is 4.46. The zero-order chi connectivity index (χ0) is 15.7. The molecule has 1 atom stereocenters. The molecule has 2 aromatic rings. The Labute approximate surface area is 134 Å². The molecule has 1 N–H and O–H groups in total. The van der Waals surface area contributed by atoms with Gasteiger partial charge in [-0.15, -0.1) is 0 Å². The van der Waals surface area contributed by atoms with Gasteiger partial charge in [-0.25, -0.2) is 9.67 Å². The van der Waals surface area contributed by atoms with Gasteiger partial charge in [-0.1, -0.05) is 56.7 Å². The van der Waals surface area contributed by atoms with E-state index in [-0.39, 0.29) is 6.54 Å². The van der Waals surface area contributed by atoms with E-state index in [1.54, 1.807) is 23.1 Å². The van der Waals surface area contributed by atoms with Crippen LogP contribution in [0, 0.1) is 5.41 Å². The van der Waals surface area contributed by atoms with Gasteiger partial charge in [0.1, 0.15) is 18.3 Å². The van der Waals surface area contributed by atoms with Crippen molar-refractivity contribution < 1.29 is 5.11 Å². The van der Waals surface area contributed by atoms with Crippen LogP contribution < -0.4 is 0 Å². The number of thiocarbonyl (C=S) groups is 1. The number of nitrogens with zero attached hydrogens (tertiary/aromatic N) is 3. The van der Waals surface area contributed by atoms with E-state index in [1.807, 2.05) is 32.9 Å². The molecule has 112 valence electrons. The van der Waals surface area contributed by atoms with E-state index in [4.69, 9.17) is 23.8 Å². The lowest BCUT2D eigenvalue weighted by molar-refractivity contribution is -0.00921. The fourth-order valence-corrected chi connectivity index (χ4v) is 2.67. The van der Waals surface area contributed by atoms with Crippen LogP contribution >= 0.6 is 23.8 Å². The van der Waals surface area contributed by atoms with Crippen molar-refractivity contribution in [1.29, 1.82) is 0 Å². The summed E-state index contributed by atoms with van der Waals surface area (Å²) in [7, 11) is 0. The van der Waals surface area contributed by atoms with Crippen molar-refractivity contribution in [3.8, 4) is 0 Å². The van der Waals surface area contributed by atoms with E-state index in [9.17, 15) is 5.11 Å². The molecule has 0 spiro atoms. The molecule has 0 fully saturated rings. The van der Waals surface area contributed by atoms with Gasteiger partial charge in [0.2, 0.25) is 0 Å². The topological polar surface area (TPSA) is 50.9 Å². The fraction of sp³-hybridized carbons (Fsp3) is 0.400. The van der Waals surface area contributed by atoms with Crippen molar-refractivity contribution in [2.24, 2.45) is 5.41 Å². The summed E-state index contributed by atoms with van der Waals surface area (Å²) in [6.07, 6.45) is 3.01. The van der Waals surface area contributed by atoms with Crippen LogP contribution in [0.2, 0.25) is 5.02 Å². The molecule has 0 saturated carbocycles. The van der Waals surface area contributed by atoms with Gasteiger partial charge >= 0.3 is 0 Å². The van der Waals surface area contributed by atoms with E-state index in [0.717, 1.165) is 5.56 Å². The van der Waals surface area contributed by atoms with Crippen LogP contribution in [0.5, 0.6) is 0 Å². The first-order valence-corrected chi connectivity index (χ1v) is 7.38. The molecule has 0 aliphatic rings. The quantitative estimate of drug-likeness (QED) is 0.694. The van der Waals surface area contributed by atoms with E-state index in [0.29, 0.717) is 9.89 Å². The maximum atomic E-state index is 11.2. The molecule has 1 aromatic carbocycles. The van der Waals surface area contributed by atoms with Crippen LogP contribution in [0.3, 0.4) is 0 Å². The van der Waals surface area contributed by atoms with Gasteiger partial charge in [-0.3, -0.25) is 0 Å². The van der Waals surface area contributed by atoms with Crippen LogP contribution in [-0.2, 0) is 6.54 Å². The molecule has 2 rings (SSSR count). The molecule has 6 heteroatoms. The average molecular weight is 324 g/mol. The van der Waals surface area contributed by atoms with Crippen LogP contribution in [0.1, 0.15) is 26.3 Å². The normalized spacial score (nSPS) is 14.7. The van der Waals surface area contributed by atoms with Crippen molar-refractivity contribution in [2.45, 2.75) is 32.9 Å². The molecule has 1 unspecified atom stereocenters. The van der Waals surface area contributed by atoms with Gasteiger partial charge in [-0.05, 0) is 23.1 Å². The zero-order valence-corrected chi connectivity index (χ0v) is 13.8. The fourth-order valence-electron chi connectivity index (χ4n) is 2.04. The summed E-state index contributed by atoms with van der Waals surface area (Å²) in [5.41, 5.74) is -0.911. The second-order valence-electron chi connectivity index (χ2n) is 6.04. The first-order chi connectivity index (χ1) is 9.74. The minimum atomic E-state index is -1.23. The smallest absolute Gasteiger partial charge is 0.137 e. The highest BCUT2D eigenvalue weighted by Gasteiger charge is 2.44. The van der Waals surface area contributed by atoms with E-state index in [2.05, 4.69) is 10.1 Å². The number of aromatic nitrogens is 3. The maximum Gasteiger partial charge on any atom is 0.137 e. The van der Waals surface area contributed by atoms with Gasteiger partial charge in [0.25, 0.3) is 0 Å². The highest BCUT2D eigenvalue weighted by atomic mass is 35.5. The lowest BCUT2D eigenvalue weighted by Gasteiger charge is -2.40. The molecule has 0 aliphatic heterocycles. The number of hydrogen-bond acceptors (Lipinski definition) is 4. The highest BCUT2D eigenvalue weighted by molar-refractivity contribution is 7.81. The number of rotatable bonds is 4. The minimum Gasteiger partial charge on any atom is -0.382 e. The molecule has 1 aromatic heterocycles. The summed E-state index contributed by atoms with van der Waals surface area (Å²) < 4.78 is 1.59. The summed E-state index contributed by atoms with van der Waals surface area (Å²) in [6.45, 7) is 6.10. The molecule has 4 nitrogen and oxygen atoms in total. The third-order valence-corrected chi connectivity index (χ3v) is 4.41. The van der Waals surface area contributed by atoms with Crippen molar-refractivity contribution >= 4 is 28.7 Å². The van der Waals surface area contributed by atoms with Gasteiger partial charge in [0, 0.05) is 5.02 Å². The number of halogens is 1. The van der Waals surface area contributed by atoms with Crippen molar-refractivity contribution in [3.05, 3.63) is 47.5 Å². The molecule has 0 aliphatic carbocycles. The number of hydrogen-bond donors (Lipinski definition) is 1. The summed E-state index contributed by atoms with van der Waals surface area (Å²) in [4.78, 5) is 4.39. The highest BCUT2D eigenvalue weighted by Crippen LogP contribution is 2.35. The summed E-state index contributed by atoms with van der Waals surface area (Å²) >= 11 is 11.5. The predicted octanol–water partition coefficient (Wildman–Crippen LogP) is 3.13. The number of benzene rings is 1. The Bertz CT molecular complexity index is 619. The van der Waals surface area contributed by atoms with Crippen LogP contribution in [-0.4, -0.2) is 30.3 Å². The molecule has 0 amide bonds. The Morgan fingerprint density at radius 2 is 1.90 bits per heavy atom. The summed E-state index contributed by atoms with van der Waals surface area (Å²) in [6, 6.07) is 7.18. The maximum absolute atomic E-state index is 11.2. The molecule has 0 saturated heterocycles. The van der Waals surface area contributed by atoms with E-state index >= 15 is 0 Å². The van der Waals surface area contributed by atoms with Crippen molar-refractivity contribution in [2.75, 3.05) is 0 Å². The molecule has 0 bridgehead atoms. The summed E-state index contributed by atoms with van der Waals surface area (Å²) in [5.74, 6) is 0. The van der Waals surface area contributed by atoms with Gasteiger partial charge in [0.15, 0.2) is 0 Å². The first-order valence-electron chi connectivity index (χ1n) is 6.59. The lowest BCUT2D eigenvalue weighted by atomic mass is 9.72. The minimum absolute atomic E-state index is 0.248. The Morgan fingerprint density at radius 1 is 1.29 bits per heavy atom. The second kappa shape index (κ2) is 5.83. The number of aliphatic hydroxyl groups is 1. The van der Waals surface area contributed by atoms with Gasteiger partial charge in [-0.2, -0.15) is 5.10 Å². The summed E-state index contributed by atoms with van der Waals surface area (Å²) in [5, 5.41) is 16.0. The third kappa shape index (κ3) is 3.31. The van der Waals surface area contributed by atoms with Crippen molar-refractivity contribution in [1.82, 2.24) is 14.8 Å². The second-order valence-corrected chi connectivity index (χ2v) is 6.88. The van der Waals surface area contributed by atoms with Crippen LogP contribution in [0.15, 0.2) is 36.9 Å². The zero-order valence-electron chi connectivity index (χ0n) is 12.2. The molecule has 0 radical (unpaired) electrons. The Hall–Kier alpha value is -1.30. The largest absolute Gasteiger partial charge is 0.382 e. The molecular weight excluding hydrogens is 306 g/mol. The predicted molar refractivity (Wildman–Crippen MR) is 87.6 cm³/mol. The SMILES string of the molecule is CC(C)(C)C(O)(Cn1cncn1)C(=S)c1ccc(Cl)cc1. The first kappa shape index (κ1) is 16.1. The van der Waals surface area contributed by atoms with E-state index < -0.39 is 11.0 Å². The molecule has 1 heterocycles. The van der Waals surface area contributed by atoms with Gasteiger partial charge < -0.3 is 5.11 Å². The van der Waals surface area contributed by atoms with E-state index in [1.165, 1.54) is 6.33 Å². The third-order valence-electron chi connectivity index (χ3n) is 3.58. The monoisotopic (exact) mass is 323 g/mol. The van der Waals surface area contributed by atoms with Crippen LogP contribution in [0.4, 0.5) is 0 Å². The van der Waals surface area contributed by atoms with Crippen LogP contribution in [0.25, 0.3) is 0 Å². The average Bonchev–Trinajstić information content (AvgIpc) is 2.90. The van der Waals surface area contributed by atoms with Crippen molar-refractivity contribution in [3.63, 3.8) is 0 Å². The lowest BCUT2D eigenvalue weighted by Crippen LogP contribution is -2.52. The molecular formula is C15H18ClN3OS. The Balaban J connectivity index is 2.40. The van der Waals surface area contributed by atoms with Gasteiger partial charge in [0.05, 0.1) is 11.4 Å². The Morgan fingerprint density at radius 3 is 2.38 bits per heavy atom. The standard InChI is InChI=1S/C15H18ClN3OS/c1-14(2,3)15(20,8-19-10-17-9-18-19)13(21)11-4-6-12(16)7-5-11/h4-7,9-10,20H,8H2,1-3H3. The molecule has 21 heavy (non-hydrogen) atoms.